The van der Waals surface area contributed by atoms with E-state index in [1.54, 1.807) is 29.2 Å². The van der Waals surface area contributed by atoms with Crippen molar-refractivity contribution in [3.63, 3.8) is 0 Å². The molecular formula is C24H22N2O5. The lowest BCUT2D eigenvalue weighted by Crippen LogP contribution is -2.28. The fourth-order valence-corrected chi connectivity index (χ4v) is 3.50. The van der Waals surface area contributed by atoms with Crippen molar-refractivity contribution in [1.82, 2.24) is 4.90 Å². The third kappa shape index (κ3) is 5.19. The summed E-state index contributed by atoms with van der Waals surface area (Å²) in [7, 11) is 0. The van der Waals surface area contributed by atoms with Gasteiger partial charge in [0.05, 0.1) is 18.7 Å². The van der Waals surface area contributed by atoms with E-state index in [0.29, 0.717) is 18.0 Å². The van der Waals surface area contributed by atoms with Gasteiger partial charge >= 0.3 is 5.97 Å². The number of benzene rings is 2. The van der Waals surface area contributed by atoms with Gasteiger partial charge in [-0.05, 0) is 35.4 Å². The monoisotopic (exact) mass is 418 g/mol. The predicted molar refractivity (Wildman–Crippen MR) is 114 cm³/mol. The Morgan fingerprint density at radius 3 is 2.45 bits per heavy atom. The van der Waals surface area contributed by atoms with E-state index in [9.17, 15) is 14.4 Å². The average Bonchev–Trinajstić information content (AvgIpc) is 3.43. The van der Waals surface area contributed by atoms with Crippen LogP contribution in [0.2, 0.25) is 0 Å². The summed E-state index contributed by atoms with van der Waals surface area (Å²) in [6.07, 6.45) is 1.61. The van der Waals surface area contributed by atoms with Crippen molar-refractivity contribution in [1.29, 1.82) is 0 Å². The van der Waals surface area contributed by atoms with Crippen LogP contribution in [0.1, 0.15) is 12.2 Å². The molecule has 1 atom stereocenters. The Morgan fingerprint density at radius 2 is 1.74 bits per heavy atom. The van der Waals surface area contributed by atoms with Gasteiger partial charge < -0.3 is 19.4 Å². The summed E-state index contributed by atoms with van der Waals surface area (Å²) in [6, 6.07) is 20.8. The normalized spacial score (nSPS) is 15.7. The van der Waals surface area contributed by atoms with Gasteiger partial charge in [0.25, 0.3) is 5.91 Å². The zero-order valence-electron chi connectivity index (χ0n) is 16.8. The van der Waals surface area contributed by atoms with Gasteiger partial charge in [-0.25, -0.2) is 0 Å². The van der Waals surface area contributed by atoms with Crippen molar-refractivity contribution in [3.8, 4) is 11.1 Å². The molecule has 31 heavy (non-hydrogen) atoms. The van der Waals surface area contributed by atoms with Gasteiger partial charge in [-0.1, -0.05) is 42.5 Å². The number of hydrogen-bond acceptors (Lipinski definition) is 5. The number of nitrogens with zero attached hydrogens (tertiary/aromatic N) is 1. The minimum Gasteiger partial charge on any atom is -0.467 e. The number of likely N-dealkylation sites (tertiary alicyclic amines) is 1. The minimum absolute atomic E-state index is 0.0715. The molecule has 158 valence electrons. The number of carbonyl (C=O) groups is 3. The van der Waals surface area contributed by atoms with Crippen LogP contribution in [0.25, 0.3) is 11.1 Å². The van der Waals surface area contributed by atoms with Crippen molar-refractivity contribution in [2.45, 2.75) is 13.0 Å². The molecule has 1 aliphatic heterocycles. The van der Waals surface area contributed by atoms with Crippen LogP contribution in [0.15, 0.2) is 77.4 Å². The number of amides is 2. The average molecular weight is 418 g/mol. The number of rotatable bonds is 7. The lowest BCUT2D eigenvalue weighted by Gasteiger charge is -2.14. The summed E-state index contributed by atoms with van der Waals surface area (Å²) in [5.41, 5.74) is 2.73. The predicted octanol–water partition coefficient (Wildman–Crippen LogP) is 3.48. The number of anilines is 1. The number of nitrogens with one attached hydrogen (secondary N) is 1. The summed E-state index contributed by atoms with van der Waals surface area (Å²) >= 11 is 0. The molecule has 1 aromatic heterocycles. The fraction of sp³-hybridized carbons (Fsp3) is 0.208. The van der Waals surface area contributed by atoms with Gasteiger partial charge in [-0.3, -0.25) is 14.4 Å². The summed E-state index contributed by atoms with van der Waals surface area (Å²) in [6.45, 7) is 0.165. The van der Waals surface area contributed by atoms with Crippen LogP contribution < -0.4 is 5.32 Å². The van der Waals surface area contributed by atoms with Gasteiger partial charge in [0.1, 0.15) is 5.76 Å². The Morgan fingerprint density at radius 1 is 1.00 bits per heavy atom. The molecule has 0 saturated carbocycles. The van der Waals surface area contributed by atoms with Crippen LogP contribution in [0.3, 0.4) is 0 Å². The van der Waals surface area contributed by atoms with Gasteiger partial charge in [0.2, 0.25) is 5.91 Å². The first-order valence-electron chi connectivity index (χ1n) is 10.0. The number of esters is 1. The fourth-order valence-electron chi connectivity index (χ4n) is 3.50. The first kappa shape index (κ1) is 20.4. The topological polar surface area (TPSA) is 88.9 Å². The molecule has 0 aliphatic carbocycles. The highest BCUT2D eigenvalue weighted by Gasteiger charge is 2.35. The van der Waals surface area contributed by atoms with Gasteiger partial charge in [0.15, 0.2) is 6.61 Å². The Kier molecular flexibility index (Phi) is 6.12. The zero-order valence-corrected chi connectivity index (χ0v) is 16.8. The van der Waals surface area contributed by atoms with Crippen LogP contribution in [-0.2, 0) is 25.7 Å². The molecule has 2 aromatic carbocycles. The van der Waals surface area contributed by atoms with E-state index < -0.39 is 24.4 Å². The number of ether oxygens (including phenoxy) is 1. The molecule has 1 aliphatic rings. The number of hydrogen-bond donors (Lipinski definition) is 1. The Hall–Kier alpha value is -3.87. The molecule has 7 heteroatoms. The van der Waals surface area contributed by atoms with E-state index in [-0.39, 0.29) is 18.9 Å². The largest absolute Gasteiger partial charge is 0.467 e. The first-order chi connectivity index (χ1) is 15.1. The summed E-state index contributed by atoms with van der Waals surface area (Å²) in [4.78, 5) is 38.1. The highest BCUT2D eigenvalue weighted by Crippen LogP contribution is 2.22. The van der Waals surface area contributed by atoms with Crippen molar-refractivity contribution >= 4 is 23.5 Å². The maximum Gasteiger partial charge on any atom is 0.311 e. The second kappa shape index (κ2) is 9.30. The van der Waals surface area contributed by atoms with Gasteiger partial charge in [0, 0.05) is 18.7 Å². The van der Waals surface area contributed by atoms with E-state index >= 15 is 0 Å². The highest BCUT2D eigenvalue weighted by atomic mass is 16.5. The third-order valence-electron chi connectivity index (χ3n) is 5.10. The second-order valence-corrected chi connectivity index (χ2v) is 7.35. The number of carbonyl (C=O) groups excluding carboxylic acids is 3. The molecule has 1 saturated heterocycles. The Labute approximate surface area is 179 Å². The summed E-state index contributed by atoms with van der Waals surface area (Å²) < 4.78 is 10.4. The molecular weight excluding hydrogens is 396 g/mol. The van der Waals surface area contributed by atoms with E-state index in [0.717, 1.165) is 11.1 Å². The smallest absolute Gasteiger partial charge is 0.311 e. The standard InChI is InChI=1S/C24H22N2O5/c27-22(25-20-10-8-18(9-11-20)17-5-2-1-3-6-17)16-31-24(29)19-13-23(28)26(14-19)15-21-7-4-12-30-21/h1-12,19H,13-16H2,(H,25,27)/t19-/m0/s1. The van der Waals surface area contributed by atoms with Crippen LogP contribution in [0, 0.1) is 5.92 Å². The van der Waals surface area contributed by atoms with E-state index in [1.165, 1.54) is 6.26 Å². The first-order valence-corrected chi connectivity index (χ1v) is 10.0. The molecule has 0 radical (unpaired) electrons. The van der Waals surface area contributed by atoms with Crippen molar-refractivity contribution in [3.05, 3.63) is 78.8 Å². The molecule has 7 nitrogen and oxygen atoms in total. The molecule has 3 aromatic rings. The molecule has 2 amide bonds. The van der Waals surface area contributed by atoms with E-state index in [1.807, 2.05) is 42.5 Å². The van der Waals surface area contributed by atoms with Crippen molar-refractivity contribution in [2.24, 2.45) is 5.92 Å². The lowest BCUT2D eigenvalue weighted by molar-refractivity contribution is -0.151. The maximum atomic E-state index is 12.3. The Balaban J connectivity index is 1.24. The third-order valence-corrected chi connectivity index (χ3v) is 5.10. The highest BCUT2D eigenvalue weighted by molar-refractivity contribution is 5.94. The lowest BCUT2D eigenvalue weighted by atomic mass is 10.1. The van der Waals surface area contributed by atoms with Crippen LogP contribution >= 0.6 is 0 Å². The quantitative estimate of drug-likeness (QED) is 0.594. The summed E-state index contributed by atoms with van der Waals surface area (Å²) in [5.74, 6) is -1.05. The molecule has 0 unspecified atom stereocenters. The van der Waals surface area contributed by atoms with Gasteiger partial charge in [-0.15, -0.1) is 0 Å². The van der Waals surface area contributed by atoms with Crippen LogP contribution in [0.4, 0.5) is 5.69 Å². The number of furan rings is 1. The molecule has 4 rings (SSSR count). The van der Waals surface area contributed by atoms with Crippen molar-refractivity contribution < 1.29 is 23.5 Å². The molecule has 1 fully saturated rings. The van der Waals surface area contributed by atoms with Gasteiger partial charge in [-0.2, -0.15) is 0 Å². The van der Waals surface area contributed by atoms with Crippen molar-refractivity contribution in [2.75, 3.05) is 18.5 Å². The maximum absolute atomic E-state index is 12.3. The summed E-state index contributed by atoms with van der Waals surface area (Å²) in [5, 5.41) is 2.71. The SMILES string of the molecule is O=C(COC(=O)[C@H]1CC(=O)N(Cc2ccco2)C1)Nc1ccc(-c2ccccc2)cc1. The zero-order chi connectivity index (χ0) is 21.6. The van der Waals surface area contributed by atoms with E-state index in [4.69, 9.17) is 9.15 Å². The molecule has 1 N–H and O–H groups in total. The van der Waals surface area contributed by atoms with E-state index in [2.05, 4.69) is 5.32 Å². The molecule has 0 bridgehead atoms. The Bertz CT molecular complexity index is 1050. The minimum atomic E-state index is -0.583. The molecule has 0 spiro atoms. The van der Waals surface area contributed by atoms with Crippen LogP contribution in [0.5, 0.6) is 0 Å². The van der Waals surface area contributed by atoms with Crippen LogP contribution in [-0.4, -0.2) is 35.8 Å². The molecule has 2 heterocycles. The second-order valence-electron chi connectivity index (χ2n) is 7.35.